The zero-order chi connectivity index (χ0) is 23.5. The standard InChI is InChI=1S/C26H27N3O4/c1-16(2)17-7-10-21(11-8-17)28-26(33)29-13-3-4-23(29)24(30)27-22-12-9-18-14-20(25(31)32)6-5-19(18)15-22/h5-12,14-16,23H,3-4,13H2,1-2H3,(H,27,30)(H,28,33)(H,31,32). The number of fused-ring (bicyclic) bond motifs is 1. The third kappa shape index (κ3) is 4.98. The number of urea groups is 1. The number of aromatic carboxylic acids is 1. The Morgan fingerprint density at radius 1 is 0.909 bits per heavy atom. The molecule has 1 aliphatic rings. The lowest BCUT2D eigenvalue weighted by molar-refractivity contribution is -0.119. The van der Waals surface area contributed by atoms with E-state index in [4.69, 9.17) is 5.11 Å². The van der Waals surface area contributed by atoms with Crippen molar-refractivity contribution in [3.8, 4) is 0 Å². The maximum absolute atomic E-state index is 13.0. The predicted octanol–water partition coefficient (Wildman–Crippen LogP) is 5.30. The fraction of sp³-hybridized carbons (Fsp3) is 0.269. The average Bonchev–Trinajstić information content (AvgIpc) is 3.29. The highest BCUT2D eigenvalue weighted by atomic mass is 16.4. The Morgan fingerprint density at radius 3 is 2.27 bits per heavy atom. The number of rotatable bonds is 5. The third-order valence-electron chi connectivity index (χ3n) is 6.00. The number of benzene rings is 3. The summed E-state index contributed by atoms with van der Waals surface area (Å²) in [6.45, 7) is 4.75. The van der Waals surface area contributed by atoms with E-state index in [-0.39, 0.29) is 17.5 Å². The van der Waals surface area contributed by atoms with E-state index in [0.29, 0.717) is 30.3 Å². The first-order valence-corrected chi connectivity index (χ1v) is 11.1. The van der Waals surface area contributed by atoms with Crippen molar-refractivity contribution >= 4 is 40.1 Å². The minimum atomic E-state index is -0.982. The van der Waals surface area contributed by atoms with Crippen molar-refractivity contribution in [1.82, 2.24) is 4.90 Å². The summed E-state index contributed by atoms with van der Waals surface area (Å²) in [6.07, 6.45) is 1.36. The Labute approximate surface area is 192 Å². The highest BCUT2D eigenvalue weighted by molar-refractivity contribution is 6.01. The van der Waals surface area contributed by atoms with Gasteiger partial charge in [0.05, 0.1) is 5.56 Å². The van der Waals surface area contributed by atoms with Gasteiger partial charge in [0.1, 0.15) is 6.04 Å². The number of hydrogen-bond acceptors (Lipinski definition) is 3. The van der Waals surface area contributed by atoms with Crippen molar-refractivity contribution in [1.29, 1.82) is 0 Å². The Bertz CT molecular complexity index is 1200. The van der Waals surface area contributed by atoms with Crippen molar-refractivity contribution in [2.45, 2.75) is 38.6 Å². The summed E-state index contributed by atoms with van der Waals surface area (Å²) >= 11 is 0. The molecule has 0 aromatic heterocycles. The van der Waals surface area contributed by atoms with Crippen molar-refractivity contribution < 1.29 is 19.5 Å². The van der Waals surface area contributed by atoms with Crippen molar-refractivity contribution in [3.05, 3.63) is 71.8 Å². The number of amides is 3. The second kappa shape index (κ2) is 9.32. The average molecular weight is 446 g/mol. The molecule has 3 aromatic rings. The normalized spacial score (nSPS) is 15.6. The molecule has 0 spiro atoms. The molecule has 170 valence electrons. The van der Waals surface area contributed by atoms with Crippen LogP contribution in [0, 0.1) is 0 Å². The molecule has 1 heterocycles. The molecular weight excluding hydrogens is 418 g/mol. The molecule has 4 rings (SSSR count). The number of carboxylic acid groups (broad SMARTS) is 1. The smallest absolute Gasteiger partial charge is 0.335 e. The summed E-state index contributed by atoms with van der Waals surface area (Å²) in [7, 11) is 0. The Morgan fingerprint density at radius 2 is 1.58 bits per heavy atom. The van der Waals surface area contributed by atoms with Gasteiger partial charge in [-0.2, -0.15) is 0 Å². The molecule has 0 bridgehead atoms. The molecule has 7 nitrogen and oxygen atoms in total. The van der Waals surface area contributed by atoms with E-state index in [1.165, 1.54) is 11.6 Å². The third-order valence-corrected chi connectivity index (χ3v) is 6.00. The van der Waals surface area contributed by atoms with Crippen LogP contribution in [0.3, 0.4) is 0 Å². The van der Waals surface area contributed by atoms with Gasteiger partial charge in [-0.15, -0.1) is 0 Å². The first-order chi connectivity index (χ1) is 15.8. The van der Waals surface area contributed by atoms with Crippen LogP contribution in [0.1, 0.15) is 48.5 Å². The zero-order valence-electron chi connectivity index (χ0n) is 18.7. The Kier molecular flexibility index (Phi) is 6.31. The molecule has 0 radical (unpaired) electrons. The summed E-state index contributed by atoms with van der Waals surface area (Å²) in [5.41, 5.74) is 2.71. The lowest BCUT2D eigenvalue weighted by Crippen LogP contribution is -2.45. The van der Waals surface area contributed by atoms with Crippen LogP contribution in [0.4, 0.5) is 16.2 Å². The maximum atomic E-state index is 13.0. The molecule has 1 unspecified atom stereocenters. The van der Waals surface area contributed by atoms with E-state index < -0.39 is 12.0 Å². The van der Waals surface area contributed by atoms with Crippen LogP contribution in [-0.2, 0) is 4.79 Å². The molecule has 1 saturated heterocycles. The molecular formula is C26H27N3O4. The quantitative estimate of drug-likeness (QED) is 0.496. The number of hydrogen-bond donors (Lipinski definition) is 3. The molecule has 3 amide bonds. The molecule has 3 aromatic carbocycles. The molecule has 1 atom stereocenters. The number of nitrogens with one attached hydrogen (secondary N) is 2. The number of likely N-dealkylation sites (tertiary alicyclic amines) is 1. The first-order valence-electron chi connectivity index (χ1n) is 11.1. The van der Waals surface area contributed by atoms with Crippen molar-refractivity contribution in [2.75, 3.05) is 17.2 Å². The van der Waals surface area contributed by atoms with Gasteiger partial charge in [-0.05, 0) is 71.5 Å². The molecule has 0 saturated carbocycles. The SMILES string of the molecule is CC(C)c1ccc(NC(=O)N2CCCC2C(=O)Nc2ccc3cc(C(=O)O)ccc3c2)cc1. The van der Waals surface area contributed by atoms with Crippen LogP contribution in [0.15, 0.2) is 60.7 Å². The minimum Gasteiger partial charge on any atom is -0.478 e. The van der Waals surface area contributed by atoms with Crippen molar-refractivity contribution in [3.63, 3.8) is 0 Å². The second-order valence-electron chi connectivity index (χ2n) is 8.63. The van der Waals surface area contributed by atoms with Gasteiger partial charge >= 0.3 is 12.0 Å². The zero-order valence-corrected chi connectivity index (χ0v) is 18.7. The van der Waals surface area contributed by atoms with Gasteiger partial charge in [0.2, 0.25) is 5.91 Å². The van der Waals surface area contributed by atoms with E-state index in [1.54, 1.807) is 35.2 Å². The van der Waals surface area contributed by atoms with Crippen LogP contribution < -0.4 is 10.6 Å². The van der Waals surface area contributed by atoms with E-state index >= 15 is 0 Å². The van der Waals surface area contributed by atoms with Gasteiger partial charge in [0, 0.05) is 17.9 Å². The van der Waals surface area contributed by atoms with Crippen molar-refractivity contribution in [2.24, 2.45) is 0 Å². The highest BCUT2D eigenvalue weighted by Gasteiger charge is 2.34. The summed E-state index contributed by atoms with van der Waals surface area (Å²) in [5, 5.41) is 16.5. The number of nitrogens with zero attached hydrogens (tertiary/aromatic N) is 1. The van der Waals surface area contributed by atoms with E-state index in [0.717, 1.165) is 17.2 Å². The van der Waals surface area contributed by atoms with Gasteiger partial charge in [-0.1, -0.05) is 38.1 Å². The van der Waals surface area contributed by atoms with Gasteiger partial charge < -0.3 is 20.6 Å². The summed E-state index contributed by atoms with van der Waals surface area (Å²) in [5.74, 6) is -0.806. The monoisotopic (exact) mass is 445 g/mol. The van der Waals surface area contributed by atoms with Gasteiger partial charge in [0.25, 0.3) is 0 Å². The molecule has 0 aliphatic carbocycles. The predicted molar refractivity (Wildman–Crippen MR) is 129 cm³/mol. The van der Waals surface area contributed by atoms with Crippen LogP contribution >= 0.6 is 0 Å². The van der Waals surface area contributed by atoms with Crippen LogP contribution in [0.5, 0.6) is 0 Å². The molecule has 33 heavy (non-hydrogen) atoms. The molecule has 1 fully saturated rings. The number of carboxylic acids is 1. The van der Waals surface area contributed by atoms with Crippen LogP contribution in [0.25, 0.3) is 10.8 Å². The molecule has 3 N–H and O–H groups in total. The van der Waals surface area contributed by atoms with E-state index in [2.05, 4.69) is 24.5 Å². The fourth-order valence-electron chi connectivity index (χ4n) is 4.11. The summed E-state index contributed by atoms with van der Waals surface area (Å²) in [4.78, 5) is 38.5. The van der Waals surface area contributed by atoms with E-state index in [1.807, 2.05) is 24.3 Å². The van der Waals surface area contributed by atoms with Crippen LogP contribution in [-0.4, -0.2) is 40.5 Å². The van der Waals surface area contributed by atoms with Gasteiger partial charge in [-0.3, -0.25) is 4.79 Å². The largest absolute Gasteiger partial charge is 0.478 e. The Balaban J connectivity index is 1.43. The lowest BCUT2D eigenvalue weighted by Gasteiger charge is -2.24. The Hall–Kier alpha value is -3.87. The van der Waals surface area contributed by atoms with E-state index in [9.17, 15) is 14.4 Å². The first kappa shape index (κ1) is 22.3. The second-order valence-corrected chi connectivity index (χ2v) is 8.63. The number of carbonyl (C=O) groups is 3. The highest BCUT2D eigenvalue weighted by Crippen LogP contribution is 2.24. The minimum absolute atomic E-state index is 0.214. The summed E-state index contributed by atoms with van der Waals surface area (Å²) < 4.78 is 0. The lowest BCUT2D eigenvalue weighted by atomic mass is 10.0. The molecule has 7 heteroatoms. The summed E-state index contributed by atoms with van der Waals surface area (Å²) in [6, 6.07) is 17.1. The number of anilines is 2. The van der Waals surface area contributed by atoms with Gasteiger partial charge in [-0.25, -0.2) is 9.59 Å². The fourth-order valence-corrected chi connectivity index (χ4v) is 4.11. The topological polar surface area (TPSA) is 98.7 Å². The van der Waals surface area contributed by atoms with Gasteiger partial charge in [0.15, 0.2) is 0 Å². The number of carbonyl (C=O) groups excluding carboxylic acids is 2. The maximum Gasteiger partial charge on any atom is 0.335 e. The van der Waals surface area contributed by atoms with Crippen LogP contribution in [0.2, 0.25) is 0 Å². The molecule has 1 aliphatic heterocycles.